The molecule has 1 amide bonds. The Morgan fingerprint density at radius 2 is 1.70 bits per heavy atom. The van der Waals surface area contributed by atoms with E-state index in [4.69, 9.17) is 0 Å². The molecule has 0 spiro atoms. The maximum Gasteiger partial charge on any atom is 0.253 e. The zero-order valence-electron chi connectivity index (χ0n) is 13.3. The summed E-state index contributed by atoms with van der Waals surface area (Å²) in [5.41, 5.74) is 0.328. The van der Waals surface area contributed by atoms with Crippen molar-refractivity contribution in [3.05, 3.63) is 29.8 Å². The quantitative estimate of drug-likeness (QED) is 0.765. The molecule has 0 N–H and O–H groups in total. The molecule has 1 unspecified atom stereocenters. The minimum absolute atomic E-state index is 0.0255. The summed E-state index contributed by atoms with van der Waals surface area (Å²) >= 11 is 0. The number of benzene rings is 1. The van der Waals surface area contributed by atoms with E-state index in [1.807, 2.05) is 0 Å². The van der Waals surface area contributed by atoms with E-state index in [1.54, 1.807) is 7.05 Å². The van der Waals surface area contributed by atoms with Gasteiger partial charge in [-0.25, -0.2) is 21.1 Å². The van der Waals surface area contributed by atoms with E-state index in [0.29, 0.717) is 12.0 Å². The Morgan fingerprint density at radius 3 is 2.13 bits per heavy atom. The van der Waals surface area contributed by atoms with Crippen molar-refractivity contribution in [2.24, 2.45) is 0 Å². The average molecular weight is 360 g/mol. The standard InChI is InChI=1S/C14H20N2O5S2/c1-15(2)23(20,21)13-6-4-11(5-7-13)14(17)16(3)12-8-9-22(18,19)10-12/h4-7,12H,8-10H2,1-3H3. The first-order valence-electron chi connectivity index (χ1n) is 7.05. The number of nitrogens with zero attached hydrogens (tertiary/aromatic N) is 2. The van der Waals surface area contributed by atoms with Crippen LogP contribution in [-0.4, -0.2) is 70.6 Å². The highest BCUT2D eigenvalue weighted by molar-refractivity contribution is 7.91. The number of carbonyl (C=O) groups excluding carboxylic acids is 1. The number of amides is 1. The Kier molecular flexibility index (Phi) is 4.84. The van der Waals surface area contributed by atoms with Crippen LogP contribution in [0.2, 0.25) is 0 Å². The van der Waals surface area contributed by atoms with Gasteiger partial charge in [0.05, 0.1) is 16.4 Å². The monoisotopic (exact) mass is 360 g/mol. The molecule has 0 radical (unpaired) electrons. The summed E-state index contributed by atoms with van der Waals surface area (Å²) in [6.45, 7) is 0. The van der Waals surface area contributed by atoms with Crippen LogP contribution in [0.5, 0.6) is 0 Å². The topological polar surface area (TPSA) is 91.8 Å². The smallest absolute Gasteiger partial charge is 0.253 e. The number of sulfone groups is 1. The van der Waals surface area contributed by atoms with Crippen LogP contribution in [0.3, 0.4) is 0 Å². The molecule has 0 aromatic heterocycles. The van der Waals surface area contributed by atoms with E-state index in [-0.39, 0.29) is 28.4 Å². The Labute approximate surface area is 136 Å². The molecule has 0 aliphatic carbocycles. The molecule has 7 nitrogen and oxygen atoms in total. The summed E-state index contributed by atoms with van der Waals surface area (Å²) in [5.74, 6) is -0.252. The van der Waals surface area contributed by atoms with E-state index in [1.165, 1.54) is 43.3 Å². The molecule has 23 heavy (non-hydrogen) atoms. The van der Waals surface area contributed by atoms with Gasteiger partial charge in [-0.2, -0.15) is 0 Å². The zero-order valence-corrected chi connectivity index (χ0v) is 14.9. The summed E-state index contributed by atoms with van der Waals surface area (Å²) in [7, 11) is -2.18. The third-order valence-corrected chi connectivity index (χ3v) is 7.54. The van der Waals surface area contributed by atoms with Gasteiger partial charge in [-0.15, -0.1) is 0 Å². The van der Waals surface area contributed by atoms with Crippen LogP contribution >= 0.6 is 0 Å². The molecule has 1 heterocycles. The van der Waals surface area contributed by atoms with Gasteiger partial charge in [-0.1, -0.05) is 0 Å². The maximum atomic E-state index is 12.4. The second kappa shape index (κ2) is 6.21. The molecule has 0 bridgehead atoms. The molecular weight excluding hydrogens is 340 g/mol. The molecular formula is C14H20N2O5S2. The molecule has 1 aromatic rings. The largest absolute Gasteiger partial charge is 0.338 e. The Morgan fingerprint density at radius 1 is 1.13 bits per heavy atom. The predicted molar refractivity (Wildman–Crippen MR) is 86.5 cm³/mol. The average Bonchev–Trinajstić information content (AvgIpc) is 2.86. The van der Waals surface area contributed by atoms with Crippen molar-refractivity contribution >= 4 is 25.8 Å². The fourth-order valence-corrected chi connectivity index (χ4v) is 5.11. The van der Waals surface area contributed by atoms with E-state index in [0.717, 1.165) is 4.31 Å². The van der Waals surface area contributed by atoms with Crippen molar-refractivity contribution in [3.8, 4) is 0 Å². The van der Waals surface area contributed by atoms with E-state index < -0.39 is 19.9 Å². The fourth-order valence-electron chi connectivity index (χ4n) is 2.43. The van der Waals surface area contributed by atoms with Gasteiger partial charge in [0.25, 0.3) is 5.91 Å². The number of hydrogen-bond donors (Lipinski definition) is 0. The van der Waals surface area contributed by atoms with Crippen LogP contribution in [0.25, 0.3) is 0 Å². The number of sulfonamides is 1. The number of carbonyl (C=O) groups is 1. The number of hydrogen-bond acceptors (Lipinski definition) is 5. The Balaban J connectivity index is 2.18. The molecule has 0 saturated carbocycles. The first kappa shape index (κ1) is 17.9. The zero-order chi connectivity index (χ0) is 17.4. The van der Waals surface area contributed by atoms with Gasteiger partial charge < -0.3 is 4.90 Å². The summed E-state index contributed by atoms with van der Waals surface area (Å²) in [4.78, 5) is 13.9. The van der Waals surface area contributed by atoms with Gasteiger partial charge in [-0.3, -0.25) is 4.79 Å². The van der Waals surface area contributed by atoms with Crippen LogP contribution < -0.4 is 0 Å². The minimum Gasteiger partial charge on any atom is -0.338 e. The van der Waals surface area contributed by atoms with Crippen molar-refractivity contribution in [1.29, 1.82) is 0 Å². The van der Waals surface area contributed by atoms with Gasteiger partial charge in [0.15, 0.2) is 9.84 Å². The van der Waals surface area contributed by atoms with Gasteiger partial charge in [0, 0.05) is 32.7 Å². The minimum atomic E-state index is -3.54. The maximum absolute atomic E-state index is 12.4. The first-order chi connectivity index (χ1) is 10.5. The van der Waals surface area contributed by atoms with Crippen LogP contribution in [0.1, 0.15) is 16.8 Å². The fraction of sp³-hybridized carbons (Fsp3) is 0.500. The van der Waals surface area contributed by atoms with Crippen LogP contribution in [0.15, 0.2) is 29.2 Å². The second-order valence-electron chi connectivity index (χ2n) is 5.78. The number of rotatable bonds is 4. The normalized spacial score (nSPS) is 20.6. The molecule has 128 valence electrons. The summed E-state index contributed by atoms with van der Waals surface area (Å²) in [6.07, 6.45) is 0.428. The molecule has 9 heteroatoms. The Bertz CT molecular complexity index is 798. The van der Waals surface area contributed by atoms with Crippen LogP contribution in [0.4, 0.5) is 0 Å². The highest BCUT2D eigenvalue weighted by atomic mass is 32.2. The Hall–Kier alpha value is -1.45. The van der Waals surface area contributed by atoms with Gasteiger partial charge >= 0.3 is 0 Å². The van der Waals surface area contributed by atoms with Gasteiger partial charge in [-0.05, 0) is 30.7 Å². The first-order valence-corrected chi connectivity index (χ1v) is 10.3. The van der Waals surface area contributed by atoms with Crippen molar-refractivity contribution < 1.29 is 21.6 Å². The molecule has 1 fully saturated rings. The van der Waals surface area contributed by atoms with Crippen molar-refractivity contribution in [2.75, 3.05) is 32.6 Å². The molecule has 1 atom stereocenters. The molecule has 1 aliphatic rings. The van der Waals surface area contributed by atoms with Crippen molar-refractivity contribution in [3.63, 3.8) is 0 Å². The van der Waals surface area contributed by atoms with Crippen LogP contribution in [0, 0.1) is 0 Å². The lowest BCUT2D eigenvalue weighted by Gasteiger charge is -2.23. The SMILES string of the molecule is CN(C(=O)c1ccc(S(=O)(=O)N(C)C)cc1)C1CCS(=O)(=O)C1. The second-order valence-corrected chi connectivity index (χ2v) is 10.2. The third kappa shape index (κ3) is 3.73. The molecule has 1 aromatic carbocycles. The third-order valence-electron chi connectivity index (χ3n) is 3.96. The van der Waals surface area contributed by atoms with E-state index in [9.17, 15) is 21.6 Å². The molecule has 1 aliphatic heterocycles. The highest BCUT2D eigenvalue weighted by Gasteiger charge is 2.33. The summed E-state index contributed by atoms with van der Waals surface area (Å²) in [6, 6.07) is 5.30. The predicted octanol–water partition coefficient (Wildman–Crippen LogP) is 0.196. The van der Waals surface area contributed by atoms with Crippen molar-refractivity contribution in [1.82, 2.24) is 9.21 Å². The van der Waals surface area contributed by atoms with E-state index in [2.05, 4.69) is 0 Å². The molecule has 2 rings (SSSR count). The summed E-state index contributed by atoms with van der Waals surface area (Å²) < 4.78 is 48.1. The van der Waals surface area contributed by atoms with Crippen LogP contribution in [-0.2, 0) is 19.9 Å². The van der Waals surface area contributed by atoms with Gasteiger partial charge in [0.2, 0.25) is 10.0 Å². The lowest BCUT2D eigenvalue weighted by Crippen LogP contribution is -2.37. The lowest BCUT2D eigenvalue weighted by atomic mass is 10.1. The van der Waals surface area contributed by atoms with E-state index >= 15 is 0 Å². The highest BCUT2D eigenvalue weighted by Crippen LogP contribution is 2.20. The summed E-state index contributed by atoms with van der Waals surface area (Å²) in [5, 5.41) is 0. The van der Waals surface area contributed by atoms with Crippen molar-refractivity contribution in [2.45, 2.75) is 17.4 Å². The van der Waals surface area contributed by atoms with Gasteiger partial charge in [0.1, 0.15) is 0 Å². The molecule has 1 saturated heterocycles. The lowest BCUT2D eigenvalue weighted by molar-refractivity contribution is 0.0747.